The molecule has 1 atom stereocenters. The van der Waals surface area contributed by atoms with Crippen LogP contribution < -0.4 is 25.8 Å². The molecule has 0 saturated carbocycles. The maximum Gasteiger partial charge on any atom is 0.159 e. The third-order valence-electron chi connectivity index (χ3n) is 4.26. The Morgan fingerprint density at radius 1 is 1.00 bits per heavy atom. The number of anilines is 4. The van der Waals surface area contributed by atoms with Gasteiger partial charge < -0.3 is 25.8 Å². The number of hydrogen-bond donors (Lipinski definition) is 3. The lowest BCUT2D eigenvalue weighted by Crippen LogP contribution is -2.11. The topological polar surface area (TPSA) is 94.3 Å². The second-order valence-corrected chi connectivity index (χ2v) is 6.48. The van der Waals surface area contributed by atoms with Crippen LogP contribution in [0.3, 0.4) is 0 Å². The standard InChI is InChI=1S/C20H22ClN5O2/c1-12(13-7-5-4-6-8-13)25-19-18(22)20(24-11-23-19)26-15-9-14(21)16(27-2)10-17(15)28-3/h4-12H,22H2,1-3H3,(H2,23,24,25,26). The van der Waals surface area contributed by atoms with Crippen LogP contribution in [0, 0.1) is 0 Å². The highest BCUT2D eigenvalue weighted by atomic mass is 35.5. The molecule has 3 rings (SSSR count). The van der Waals surface area contributed by atoms with E-state index in [9.17, 15) is 0 Å². The number of benzene rings is 2. The molecule has 1 aromatic heterocycles. The summed E-state index contributed by atoms with van der Waals surface area (Å²) in [4.78, 5) is 8.51. The Balaban J connectivity index is 1.87. The predicted molar refractivity (Wildman–Crippen MR) is 113 cm³/mol. The molecule has 0 saturated heterocycles. The van der Waals surface area contributed by atoms with Gasteiger partial charge in [-0.2, -0.15) is 0 Å². The van der Waals surface area contributed by atoms with Crippen LogP contribution in [-0.2, 0) is 0 Å². The summed E-state index contributed by atoms with van der Waals surface area (Å²) in [7, 11) is 3.10. The van der Waals surface area contributed by atoms with Gasteiger partial charge in [-0.05, 0) is 18.6 Å². The van der Waals surface area contributed by atoms with Gasteiger partial charge in [-0.25, -0.2) is 9.97 Å². The van der Waals surface area contributed by atoms with Gasteiger partial charge in [0.05, 0.1) is 31.0 Å². The summed E-state index contributed by atoms with van der Waals surface area (Å²) in [5, 5.41) is 6.91. The summed E-state index contributed by atoms with van der Waals surface area (Å²) in [6, 6.07) is 13.4. The van der Waals surface area contributed by atoms with Gasteiger partial charge >= 0.3 is 0 Å². The number of rotatable bonds is 7. The molecule has 1 unspecified atom stereocenters. The molecular weight excluding hydrogens is 378 g/mol. The maximum atomic E-state index is 6.29. The molecule has 146 valence electrons. The molecule has 3 aromatic rings. The normalized spacial score (nSPS) is 11.6. The quantitative estimate of drug-likeness (QED) is 0.532. The first-order valence-corrected chi connectivity index (χ1v) is 9.01. The molecule has 7 nitrogen and oxygen atoms in total. The van der Waals surface area contributed by atoms with Gasteiger partial charge in [0, 0.05) is 6.07 Å². The molecule has 8 heteroatoms. The smallest absolute Gasteiger partial charge is 0.159 e. The van der Waals surface area contributed by atoms with Gasteiger partial charge in [0.25, 0.3) is 0 Å². The highest BCUT2D eigenvalue weighted by molar-refractivity contribution is 6.32. The second-order valence-electron chi connectivity index (χ2n) is 6.07. The molecule has 0 amide bonds. The van der Waals surface area contributed by atoms with Crippen LogP contribution in [0.2, 0.25) is 5.02 Å². The molecule has 0 spiro atoms. The maximum absolute atomic E-state index is 6.29. The predicted octanol–water partition coefficient (Wildman–Crippen LogP) is 4.65. The SMILES string of the molecule is COc1cc(OC)c(Nc2ncnc(NC(C)c3ccccc3)c2N)cc1Cl. The largest absolute Gasteiger partial charge is 0.495 e. The number of nitrogens with two attached hydrogens (primary N) is 1. The first-order valence-electron chi connectivity index (χ1n) is 8.64. The van der Waals surface area contributed by atoms with Gasteiger partial charge in [-0.3, -0.25) is 0 Å². The number of halogens is 1. The van der Waals surface area contributed by atoms with E-state index in [1.807, 2.05) is 37.3 Å². The summed E-state index contributed by atoms with van der Waals surface area (Å²) < 4.78 is 10.6. The Bertz CT molecular complexity index is 953. The van der Waals surface area contributed by atoms with Crippen LogP contribution >= 0.6 is 11.6 Å². The molecule has 0 aliphatic rings. The van der Waals surface area contributed by atoms with Crippen LogP contribution in [0.1, 0.15) is 18.5 Å². The van der Waals surface area contributed by atoms with E-state index in [0.717, 1.165) is 5.56 Å². The molecule has 0 radical (unpaired) electrons. The van der Waals surface area contributed by atoms with Gasteiger partial charge in [0.15, 0.2) is 11.6 Å². The Hall–Kier alpha value is -3.19. The minimum absolute atomic E-state index is 0.0243. The first-order chi connectivity index (χ1) is 13.5. The third-order valence-corrected chi connectivity index (χ3v) is 4.56. The van der Waals surface area contributed by atoms with Gasteiger partial charge in [-0.15, -0.1) is 0 Å². The molecule has 2 aromatic carbocycles. The average molecular weight is 400 g/mol. The summed E-state index contributed by atoms with van der Waals surface area (Å²) >= 11 is 6.24. The summed E-state index contributed by atoms with van der Waals surface area (Å²) in [6.07, 6.45) is 1.44. The minimum atomic E-state index is 0.0243. The highest BCUT2D eigenvalue weighted by Crippen LogP contribution is 2.38. The summed E-state index contributed by atoms with van der Waals surface area (Å²) in [6.45, 7) is 2.04. The average Bonchev–Trinajstić information content (AvgIpc) is 2.71. The Labute approximate surface area is 168 Å². The van der Waals surface area contributed by atoms with E-state index in [0.29, 0.717) is 39.5 Å². The number of aromatic nitrogens is 2. The number of methoxy groups -OCH3 is 2. The fourth-order valence-corrected chi connectivity index (χ4v) is 2.97. The lowest BCUT2D eigenvalue weighted by Gasteiger charge is -2.18. The zero-order valence-corrected chi connectivity index (χ0v) is 16.6. The first kappa shape index (κ1) is 19.6. The summed E-state index contributed by atoms with van der Waals surface area (Å²) in [5.41, 5.74) is 8.42. The fraction of sp³-hybridized carbons (Fsp3) is 0.200. The number of ether oxygens (including phenoxy) is 2. The van der Waals surface area contributed by atoms with Crippen molar-refractivity contribution in [1.29, 1.82) is 0 Å². The van der Waals surface area contributed by atoms with Crippen LogP contribution in [0.5, 0.6) is 11.5 Å². The zero-order valence-electron chi connectivity index (χ0n) is 15.9. The van der Waals surface area contributed by atoms with Gasteiger partial charge in [0.1, 0.15) is 23.5 Å². The van der Waals surface area contributed by atoms with Crippen molar-refractivity contribution >= 4 is 34.6 Å². The second kappa shape index (κ2) is 8.67. The lowest BCUT2D eigenvalue weighted by atomic mass is 10.1. The Morgan fingerprint density at radius 2 is 1.68 bits per heavy atom. The van der Waals surface area contributed by atoms with E-state index < -0.39 is 0 Å². The molecule has 1 heterocycles. The summed E-state index contributed by atoms with van der Waals surface area (Å²) in [5.74, 6) is 2.04. The van der Waals surface area contributed by atoms with Crippen molar-refractivity contribution in [2.45, 2.75) is 13.0 Å². The molecule has 28 heavy (non-hydrogen) atoms. The molecule has 0 aliphatic carbocycles. The highest BCUT2D eigenvalue weighted by Gasteiger charge is 2.15. The third kappa shape index (κ3) is 4.20. The Kier molecular flexibility index (Phi) is 6.06. The molecule has 0 bridgehead atoms. The fourth-order valence-electron chi connectivity index (χ4n) is 2.73. The van der Waals surface area contributed by atoms with E-state index in [1.165, 1.54) is 6.33 Å². The number of nitrogen functional groups attached to an aromatic ring is 1. The number of nitrogens with zero attached hydrogens (tertiary/aromatic N) is 2. The number of hydrogen-bond acceptors (Lipinski definition) is 7. The van der Waals surface area contributed by atoms with Crippen LogP contribution in [0.15, 0.2) is 48.8 Å². The van der Waals surface area contributed by atoms with E-state index in [-0.39, 0.29) is 6.04 Å². The van der Waals surface area contributed by atoms with E-state index >= 15 is 0 Å². The van der Waals surface area contributed by atoms with Crippen LogP contribution in [-0.4, -0.2) is 24.2 Å². The zero-order chi connectivity index (χ0) is 20.1. The van der Waals surface area contributed by atoms with Crippen molar-refractivity contribution in [1.82, 2.24) is 9.97 Å². The van der Waals surface area contributed by atoms with Gasteiger partial charge in [0.2, 0.25) is 0 Å². The van der Waals surface area contributed by atoms with Crippen molar-refractivity contribution in [3.05, 3.63) is 59.4 Å². The molecule has 4 N–H and O–H groups in total. The van der Waals surface area contributed by atoms with Crippen LogP contribution in [0.4, 0.5) is 23.0 Å². The van der Waals surface area contributed by atoms with Crippen molar-refractivity contribution < 1.29 is 9.47 Å². The van der Waals surface area contributed by atoms with E-state index in [2.05, 4.69) is 20.6 Å². The van der Waals surface area contributed by atoms with Crippen molar-refractivity contribution in [3.63, 3.8) is 0 Å². The minimum Gasteiger partial charge on any atom is -0.495 e. The molecule has 0 aliphatic heterocycles. The number of nitrogens with one attached hydrogen (secondary N) is 2. The Morgan fingerprint density at radius 3 is 2.36 bits per heavy atom. The monoisotopic (exact) mass is 399 g/mol. The van der Waals surface area contributed by atoms with Crippen LogP contribution in [0.25, 0.3) is 0 Å². The molecule has 0 fully saturated rings. The van der Waals surface area contributed by atoms with Gasteiger partial charge in [-0.1, -0.05) is 41.9 Å². The lowest BCUT2D eigenvalue weighted by molar-refractivity contribution is 0.396. The van der Waals surface area contributed by atoms with Crippen molar-refractivity contribution in [2.24, 2.45) is 0 Å². The van der Waals surface area contributed by atoms with Crippen molar-refractivity contribution in [2.75, 3.05) is 30.6 Å². The molecular formula is C20H22ClN5O2. The van der Waals surface area contributed by atoms with E-state index in [1.54, 1.807) is 26.4 Å². The van der Waals surface area contributed by atoms with E-state index in [4.69, 9.17) is 26.8 Å². The van der Waals surface area contributed by atoms with Crippen molar-refractivity contribution in [3.8, 4) is 11.5 Å².